The average Bonchev–Trinajstić information content (AvgIpc) is 2.69. The highest BCUT2D eigenvalue weighted by molar-refractivity contribution is 5.94. The molecule has 0 saturated carbocycles. The normalized spacial score (nSPS) is 15.9. The third-order valence-electron chi connectivity index (χ3n) is 4.78. The summed E-state index contributed by atoms with van der Waals surface area (Å²) in [5.74, 6) is 0.635. The van der Waals surface area contributed by atoms with E-state index in [-0.39, 0.29) is 11.9 Å². The highest BCUT2D eigenvalue weighted by Crippen LogP contribution is 2.22. The van der Waals surface area contributed by atoms with Crippen LogP contribution in [-0.2, 0) is 4.74 Å². The van der Waals surface area contributed by atoms with Crippen LogP contribution in [0.2, 0.25) is 0 Å². The molecule has 1 heterocycles. The third kappa shape index (κ3) is 5.31. The number of rotatable bonds is 7. The second kappa shape index (κ2) is 9.53. The van der Waals surface area contributed by atoms with Crippen LogP contribution in [0.15, 0.2) is 48.5 Å². The summed E-state index contributed by atoms with van der Waals surface area (Å²) in [7, 11) is 0. The molecular formula is C22H28N2O3. The molecule has 144 valence electrons. The molecule has 2 aromatic rings. The van der Waals surface area contributed by atoms with Crippen molar-refractivity contribution in [2.45, 2.75) is 19.9 Å². The van der Waals surface area contributed by atoms with Gasteiger partial charge in [0, 0.05) is 25.2 Å². The highest BCUT2D eigenvalue weighted by Gasteiger charge is 2.23. The number of benzene rings is 2. The van der Waals surface area contributed by atoms with E-state index in [1.807, 2.05) is 25.1 Å². The fourth-order valence-corrected chi connectivity index (χ4v) is 3.41. The molecule has 0 spiro atoms. The fourth-order valence-electron chi connectivity index (χ4n) is 3.41. The van der Waals surface area contributed by atoms with Crippen LogP contribution >= 0.6 is 0 Å². The molecule has 5 heteroatoms. The Labute approximate surface area is 161 Å². The van der Waals surface area contributed by atoms with Crippen molar-refractivity contribution in [2.75, 3.05) is 39.5 Å². The van der Waals surface area contributed by atoms with Gasteiger partial charge in [-0.15, -0.1) is 0 Å². The van der Waals surface area contributed by atoms with Gasteiger partial charge in [-0.1, -0.05) is 35.9 Å². The summed E-state index contributed by atoms with van der Waals surface area (Å²) in [4.78, 5) is 15.1. The lowest BCUT2D eigenvalue weighted by Gasteiger charge is -2.35. The second-order valence-corrected chi connectivity index (χ2v) is 6.75. The summed E-state index contributed by atoms with van der Waals surface area (Å²) in [5, 5.41) is 3.11. The van der Waals surface area contributed by atoms with Gasteiger partial charge in [0.25, 0.3) is 5.91 Å². The molecule has 1 saturated heterocycles. The minimum atomic E-state index is -0.0811. The molecule has 1 N–H and O–H groups in total. The SMILES string of the molecule is CCOc1cccc(C(=O)NCC(c2cccc(C)c2)N2CCOCC2)c1. The Morgan fingerprint density at radius 3 is 2.70 bits per heavy atom. The lowest BCUT2D eigenvalue weighted by molar-refractivity contribution is 0.0162. The van der Waals surface area contributed by atoms with Gasteiger partial charge >= 0.3 is 0 Å². The average molecular weight is 368 g/mol. The number of nitrogens with zero attached hydrogens (tertiary/aromatic N) is 1. The van der Waals surface area contributed by atoms with E-state index in [0.29, 0.717) is 24.5 Å². The van der Waals surface area contributed by atoms with Crippen molar-refractivity contribution in [1.82, 2.24) is 10.2 Å². The van der Waals surface area contributed by atoms with Gasteiger partial charge in [-0.2, -0.15) is 0 Å². The van der Waals surface area contributed by atoms with Gasteiger partial charge in [0.05, 0.1) is 25.9 Å². The monoisotopic (exact) mass is 368 g/mol. The number of hydrogen-bond donors (Lipinski definition) is 1. The number of nitrogens with one attached hydrogen (secondary N) is 1. The maximum Gasteiger partial charge on any atom is 0.251 e. The Kier molecular flexibility index (Phi) is 6.85. The smallest absolute Gasteiger partial charge is 0.251 e. The molecular weight excluding hydrogens is 340 g/mol. The van der Waals surface area contributed by atoms with Crippen molar-refractivity contribution in [3.63, 3.8) is 0 Å². The molecule has 3 rings (SSSR count). The zero-order valence-electron chi connectivity index (χ0n) is 16.1. The Morgan fingerprint density at radius 1 is 1.19 bits per heavy atom. The van der Waals surface area contributed by atoms with Crippen molar-refractivity contribution in [3.8, 4) is 5.75 Å². The first-order chi connectivity index (χ1) is 13.2. The molecule has 0 bridgehead atoms. The second-order valence-electron chi connectivity index (χ2n) is 6.75. The quantitative estimate of drug-likeness (QED) is 0.815. The molecule has 5 nitrogen and oxygen atoms in total. The summed E-state index contributed by atoms with van der Waals surface area (Å²) >= 11 is 0. The number of hydrogen-bond acceptors (Lipinski definition) is 4. The third-order valence-corrected chi connectivity index (χ3v) is 4.78. The number of aryl methyl sites for hydroxylation is 1. The Bertz CT molecular complexity index is 757. The Hall–Kier alpha value is -2.37. The van der Waals surface area contributed by atoms with E-state index in [2.05, 4.69) is 41.4 Å². The predicted octanol–water partition coefficient (Wildman–Crippen LogP) is 3.20. The Morgan fingerprint density at radius 2 is 1.96 bits per heavy atom. The summed E-state index contributed by atoms with van der Waals surface area (Å²) < 4.78 is 11.0. The minimum absolute atomic E-state index is 0.0811. The van der Waals surface area contributed by atoms with E-state index >= 15 is 0 Å². The van der Waals surface area contributed by atoms with E-state index in [4.69, 9.17) is 9.47 Å². The van der Waals surface area contributed by atoms with Gasteiger partial charge < -0.3 is 14.8 Å². The molecule has 0 aliphatic carbocycles. The van der Waals surface area contributed by atoms with Crippen molar-refractivity contribution < 1.29 is 14.3 Å². The van der Waals surface area contributed by atoms with Gasteiger partial charge in [0.2, 0.25) is 0 Å². The first-order valence-corrected chi connectivity index (χ1v) is 9.57. The van der Waals surface area contributed by atoms with Crippen molar-refractivity contribution >= 4 is 5.91 Å². The lowest BCUT2D eigenvalue weighted by atomic mass is 10.0. The summed E-state index contributed by atoms with van der Waals surface area (Å²) in [5.41, 5.74) is 3.06. The standard InChI is InChI=1S/C22H28N2O3/c1-3-27-20-9-5-8-19(15-20)22(25)23-16-21(24-10-12-26-13-11-24)18-7-4-6-17(2)14-18/h4-9,14-15,21H,3,10-13,16H2,1-2H3,(H,23,25). The van der Waals surface area contributed by atoms with E-state index in [0.717, 1.165) is 26.3 Å². The van der Waals surface area contributed by atoms with Crippen LogP contribution in [-0.4, -0.2) is 50.3 Å². The lowest BCUT2D eigenvalue weighted by Crippen LogP contribution is -2.43. The summed E-state index contributed by atoms with van der Waals surface area (Å²) in [6.45, 7) is 8.36. The van der Waals surface area contributed by atoms with Gasteiger partial charge in [-0.25, -0.2) is 0 Å². The fraction of sp³-hybridized carbons (Fsp3) is 0.409. The van der Waals surface area contributed by atoms with Gasteiger partial charge in [0.15, 0.2) is 0 Å². The first kappa shape index (κ1) is 19.4. The van der Waals surface area contributed by atoms with Crippen LogP contribution in [0.5, 0.6) is 5.75 Å². The van der Waals surface area contributed by atoms with Crippen molar-refractivity contribution in [1.29, 1.82) is 0 Å². The highest BCUT2D eigenvalue weighted by atomic mass is 16.5. The van der Waals surface area contributed by atoms with Crippen molar-refractivity contribution in [3.05, 3.63) is 65.2 Å². The van der Waals surface area contributed by atoms with Gasteiger partial charge in [0.1, 0.15) is 5.75 Å². The van der Waals surface area contributed by atoms with Crippen LogP contribution in [0, 0.1) is 6.92 Å². The van der Waals surface area contributed by atoms with Gasteiger partial charge in [-0.3, -0.25) is 9.69 Å². The molecule has 0 aromatic heterocycles. The molecule has 1 aliphatic heterocycles. The molecule has 1 unspecified atom stereocenters. The molecule has 1 atom stereocenters. The number of amides is 1. The predicted molar refractivity (Wildman–Crippen MR) is 106 cm³/mol. The van der Waals surface area contributed by atoms with E-state index in [1.54, 1.807) is 6.07 Å². The zero-order valence-corrected chi connectivity index (χ0v) is 16.1. The number of carbonyl (C=O) groups is 1. The van der Waals surface area contributed by atoms with Crippen LogP contribution in [0.1, 0.15) is 34.5 Å². The van der Waals surface area contributed by atoms with Crippen molar-refractivity contribution in [2.24, 2.45) is 0 Å². The number of carbonyl (C=O) groups excluding carboxylic acids is 1. The van der Waals surface area contributed by atoms with Crippen LogP contribution in [0.3, 0.4) is 0 Å². The van der Waals surface area contributed by atoms with E-state index in [9.17, 15) is 4.79 Å². The number of ether oxygens (including phenoxy) is 2. The minimum Gasteiger partial charge on any atom is -0.494 e. The molecule has 27 heavy (non-hydrogen) atoms. The summed E-state index contributed by atoms with van der Waals surface area (Å²) in [6, 6.07) is 15.9. The zero-order chi connectivity index (χ0) is 19.1. The summed E-state index contributed by atoms with van der Waals surface area (Å²) in [6.07, 6.45) is 0. The largest absolute Gasteiger partial charge is 0.494 e. The topological polar surface area (TPSA) is 50.8 Å². The van der Waals surface area contributed by atoms with E-state index < -0.39 is 0 Å². The molecule has 0 radical (unpaired) electrons. The molecule has 1 aliphatic rings. The van der Waals surface area contributed by atoms with E-state index in [1.165, 1.54) is 11.1 Å². The first-order valence-electron chi connectivity index (χ1n) is 9.57. The molecule has 1 fully saturated rings. The Balaban J connectivity index is 1.72. The van der Waals surface area contributed by atoms with Crippen LogP contribution in [0.4, 0.5) is 0 Å². The maximum atomic E-state index is 12.7. The van der Waals surface area contributed by atoms with Gasteiger partial charge in [-0.05, 0) is 37.6 Å². The van der Waals surface area contributed by atoms with Crippen LogP contribution < -0.4 is 10.1 Å². The number of morpholine rings is 1. The maximum absolute atomic E-state index is 12.7. The van der Waals surface area contributed by atoms with Crippen LogP contribution in [0.25, 0.3) is 0 Å². The molecule has 1 amide bonds. The molecule has 2 aromatic carbocycles.